The predicted octanol–water partition coefficient (Wildman–Crippen LogP) is 6.94. The summed E-state index contributed by atoms with van der Waals surface area (Å²) in [6.45, 7) is 17.4. The van der Waals surface area contributed by atoms with Gasteiger partial charge in [-0.25, -0.2) is 9.59 Å². The Morgan fingerprint density at radius 3 is 2.03 bits per heavy atom. The van der Waals surface area contributed by atoms with Gasteiger partial charge < -0.3 is 9.84 Å². The normalized spacial score (nSPS) is 12.3. The first-order chi connectivity index (χ1) is 13.7. The third kappa shape index (κ3) is 9.32. The van der Waals surface area contributed by atoms with E-state index in [-0.39, 0.29) is 22.0 Å². The summed E-state index contributed by atoms with van der Waals surface area (Å²) in [4.78, 5) is 25.0. The molecule has 0 aromatic heterocycles. The lowest BCUT2D eigenvalue weighted by Crippen LogP contribution is -2.22. The summed E-state index contributed by atoms with van der Waals surface area (Å²) >= 11 is 0. The van der Waals surface area contributed by atoms with E-state index in [1.165, 1.54) is 6.42 Å². The van der Waals surface area contributed by atoms with E-state index in [2.05, 4.69) is 55.4 Å². The molecule has 0 amide bonds. The zero-order valence-electron chi connectivity index (χ0n) is 20.4. The van der Waals surface area contributed by atoms with Gasteiger partial charge in [0.05, 0.1) is 17.7 Å². The van der Waals surface area contributed by atoms with E-state index in [1.54, 1.807) is 6.07 Å². The van der Waals surface area contributed by atoms with Gasteiger partial charge in [0.25, 0.3) is 0 Å². The molecule has 4 heteroatoms. The minimum atomic E-state index is -1.06. The Morgan fingerprint density at radius 1 is 0.933 bits per heavy atom. The van der Waals surface area contributed by atoms with Crippen LogP contribution < -0.4 is 0 Å². The first kappa shape index (κ1) is 26.2. The molecule has 1 aromatic carbocycles. The largest absolute Gasteiger partial charge is 0.478 e. The fraction of sp³-hybridized carbons (Fsp3) is 0.692. The zero-order chi connectivity index (χ0) is 23.1. The van der Waals surface area contributed by atoms with Gasteiger partial charge in [0, 0.05) is 0 Å². The fourth-order valence-electron chi connectivity index (χ4n) is 3.65. The van der Waals surface area contributed by atoms with Crippen molar-refractivity contribution in [1.82, 2.24) is 0 Å². The van der Waals surface area contributed by atoms with Crippen molar-refractivity contribution < 1.29 is 19.4 Å². The number of rotatable bonds is 10. The van der Waals surface area contributed by atoms with Crippen molar-refractivity contribution in [3.05, 3.63) is 34.4 Å². The van der Waals surface area contributed by atoms with Gasteiger partial charge in [0.2, 0.25) is 0 Å². The molecule has 0 aliphatic rings. The van der Waals surface area contributed by atoms with Crippen molar-refractivity contribution in [2.45, 2.75) is 93.9 Å². The van der Waals surface area contributed by atoms with Gasteiger partial charge in [-0.15, -0.1) is 0 Å². The molecule has 0 aliphatic heterocycles. The van der Waals surface area contributed by atoms with Gasteiger partial charge in [-0.2, -0.15) is 0 Å². The molecule has 0 bridgehead atoms. The van der Waals surface area contributed by atoms with Gasteiger partial charge >= 0.3 is 11.9 Å². The van der Waals surface area contributed by atoms with Gasteiger partial charge in [-0.3, -0.25) is 0 Å². The van der Waals surface area contributed by atoms with E-state index in [1.807, 2.05) is 6.07 Å². The van der Waals surface area contributed by atoms with Crippen LogP contribution in [-0.2, 0) is 17.6 Å². The Hall–Kier alpha value is -1.84. The van der Waals surface area contributed by atoms with Crippen LogP contribution in [0.4, 0.5) is 0 Å². The van der Waals surface area contributed by atoms with Crippen LogP contribution in [-0.4, -0.2) is 23.7 Å². The van der Waals surface area contributed by atoms with Gasteiger partial charge in [0.1, 0.15) is 0 Å². The number of aromatic carboxylic acids is 1. The van der Waals surface area contributed by atoms with Crippen molar-refractivity contribution in [2.24, 2.45) is 16.7 Å². The van der Waals surface area contributed by atoms with Crippen LogP contribution in [0, 0.1) is 16.7 Å². The number of hydrogen-bond donors (Lipinski definition) is 1. The fourth-order valence-corrected chi connectivity index (χ4v) is 3.65. The number of ether oxygens (including phenoxy) is 1. The second-order valence-electron chi connectivity index (χ2n) is 11.3. The Labute approximate surface area is 183 Å². The molecule has 0 saturated carbocycles. The molecule has 0 fully saturated rings. The third-order valence-electron chi connectivity index (χ3n) is 4.93. The first-order valence-electron chi connectivity index (χ1n) is 11.3. The van der Waals surface area contributed by atoms with Gasteiger partial charge in [0.15, 0.2) is 0 Å². The number of hydrogen-bond acceptors (Lipinski definition) is 3. The molecule has 0 heterocycles. The lowest BCUT2D eigenvalue weighted by molar-refractivity contribution is 0.0486. The van der Waals surface area contributed by atoms with Crippen LogP contribution >= 0.6 is 0 Å². The minimum Gasteiger partial charge on any atom is -0.478 e. The highest BCUT2D eigenvalue weighted by molar-refractivity contribution is 6.03. The molecule has 0 atom stereocenters. The second kappa shape index (κ2) is 11.0. The number of unbranched alkanes of at least 4 members (excludes halogenated alkanes) is 2. The topological polar surface area (TPSA) is 63.6 Å². The lowest BCUT2D eigenvalue weighted by atomic mass is 9.78. The Balaban J connectivity index is 3.12. The highest BCUT2D eigenvalue weighted by Gasteiger charge is 2.28. The molecule has 1 aromatic rings. The van der Waals surface area contributed by atoms with Gasteiger partial charge in [-0.1, -0.05) is 80.7 Å². The summed E-state index contributed by atoms with van der Waals surface area (Å²) in [7, 11) is 0. The Kier molecular flexibility index (Phi) is 9.58. The van der Waals surface area contributed by atoms with Crippen LogP contribution in [0.2, 0.25) is 0 Å². The summed E-state index contributed by atoms with van der Waals surface area (Å²) in [6.07, 6.45) is 5.45. The van der Waals surface area contributed by atoms with Crippen molar-refractivity contribution in [2.75, 3.05) is 6.61 Å². The zero-order valence-corrected chi connectivity index (χ0v) is 20.4. The van der Waals surface area contributed by atoms with Crippen molar-refractivity contribution in [1.29, 1.82) is 0 Å². The number of esters is 1. The van der Waals surface area contributed by atoms with E-state index in [0.29, 0.717) is 18.9 Å². The number of carboxylic acid groups (broad SMARTS) is 1. The molecule has 0 unspecified atom stereocenters. The monoisotopic (exact) mass is 418 g/mol. The van der Waals surface area contributed by atoms with E-state index in [0.717, 1.165) is 36.8 Å². The van der Waals surface area contributed by atoms with Crippen LogP contribution in [0.15, 0.2) is 12.1 Å². The molecular weight excluding hydrogens is 376 g/mol. The SMILES string of the molecule is CC(C)CCCCCOC(=O)c1ccc(CC(C)(C)C)c(CC(C)(C)C)c1C(=O)O. The molecule has 1 N–H and O–H groups in total. The summed E-state index contributed by atoms with van der Waals surface area (Å²) < 4.78 is 5.45. The average Bonchev–Trinajstić information content (AvgIpc) is 2.55. The van der Waals surface area contributed by atoms with E-state index in [4.69, 9.17) is 4.74 Å². The quantitative estimate of drug-likeness (QED) is 0.330. The summed E-state index contributed by atoms with van der Waals surface area (Å²) in [5.41, 5.74) is 1.95. The standard InChI is InChI=1S/C26H42O4/c1-18(2)12-10-9-11-15-30-24(29)20-14-13-19(16-25(3,4)5)21(17-26(6,7)8)22(20)23(27)28/h13-14,18H,9-12,15-17H2,1-8H3,(H,27,28). The van der Waals surface area contributed by atoms with E-state index >= 15 is 0 Å². The van der Waals surface area contributed by atoms with Crippen LogP contribution in [0.5, 0.6) is 0 Å². The average molecular weight is 419 g/mol. The summed E-state index contributed by atoms with van der Waals surface area (Å²) in [5, 5.41) is 10.0. The predicted molar refractivity (Wildman–Crippen MR) is 123 cm³/mol. The Morgan fingerprint density at radius 2 is 1.53 bits per heavy atom. The van der Waals surface area contributed by atoms with Crippen LogP contribution in [0.25, 0.3) is 0 Å². The highest BCUT2D eigenvalue weighted by Crippen LogP contribution is 2.32. The maximum absolute atomic E-state index is 12.7. The molecule has 30 heavy (non-hydrogen) atoms. The van der Waals surface area contributed by atoms with E-state index in [9.17, 15) is 14.7 Å². The maximum atomic E-state index is 12.7. The molecule has 1 rings (SSSR count). The molecule has 4 nitrogen and oxygen atoms in total. The van der Waals surface area contributed by atoms with Crippen LogP contribution in [0.3, 0.4) is 0 Å². The molecule has 0 saturated heterocycles. The third-order valence-corrected chi connectivity index (χ3v) is 4.93. The molecular formula is C26H42O4. The van der Waals surface area contributed by atoms with Crippen molar-refractivity contribution in [3.8, 4) is 0 Å². The second-order valence-corrected chi connectivity index (χ2v) is 11.3. The molecule has 0 spiro atoms. The highest BCUT2D eigenvalue weighted by atomic mass is 16.5. The number of benzene rings is 1. The first-order valence-corrected chi connectivity index (χ1v) is 11.3. The lowest BCUT2D eigenvalue weighted by Gasteiger charge is -2.26. The van der Waals surface area contributed by atoms with E-state index < -0.39 is 11.9 Å². The minimum absolute atomic E-state index is 0.0143. The van der Waals surface area contributed by atoms with Crippen molar-refractivity contribution >= 4 is 11.9 Å². The summed E-state index contributed by atoms with van der Waals surface area (Å²) in [6, 6.07) is 3.55. The number of carbonyl (C=O) groups excluding carboxylic acids is 1. The molecule has 170 valence electrons. The van der Waals surface area contributed by atoms with Crippen LogP contribution in [0.1, 0.15) is 113 Å². The van der Waals surface area contributed by atoms with Crippen molar-refractivity contribution in [3.63, 3.8) is 0 Å². The summed E-state index contributed by atoms with van der Waals surface area (Å²) in [5.74, 6) is -0.916. The molecule has 0 aliphatic carbocycles. The Bertz CT molecular complexity index is 718. The number of carboxylic acids is 1. The maximum Gasteiger partial charge on any atom is 0.339 e. The number of carbonyl (C=O) groups is 2. The molecule has 0 radical (unpaired) electrons. The smallest absolute Gasteiger partial charge is 0.339 e. The van der Waals surface area contributed by atoms with Gasteiger partial charge in [-0.05, 0) is 53.2 Å².